The second kappa shape index (κ2) is 9.49. The van der Waals surface area contributed by atoms with Gasteiger partial charge in [-0.05, 0) is 42.2 Å². The van der Waals surface area contributed by atoms with Crippen LogP contribution in [0.3, 0.4) is 0 Å². The van der Waals surface area contributed by atoms with E-state index in [1.165, 1.54) is 23.2 Å². The summed E-state index contributed by atoms with van der Waals surface area (Å²) in [6.07, 6.45) is 2.29. The Kier molecular flexibility index (Phi) is 6.55. The van der Waals surface area contributed by atoms with Gasteiger partial charge in [-0.2, -0.15) is 0 Å². The molecule has 1 amide bonds. The summed E-state index contributed by atoms with van der Waals surface area (Å²) in [4.78, 5) is 17.6. The van der Waals surface area contributed by atoms with E-state index in [0.717, 1.165) is 39.3 Å². The van der Waals surface area contributed by atoms with Gasteiger partial charge in [-0.15, -0.1) is 0 Å². The number of nitrogens with one attached hydrogen (secondary N) is 1. The third kappa shape index (κ3) is 4.45. The van der Waals surface area contributed by atoms with Gasteiger partial charge in [-0.25, -0.2) is 0 Å². The van der Waals surface area contributed by atoms with E-state index in [2.05, 4.69) is 40.4 Å². The van der Waals surface area contributed by atoms with Gasteiger partial charge in [-0.1, -0.05) is 24.3 Å². The highest BCUT2D eigenvalue weighted by Crippen LogP contribution is 2.31. The molecule has 2 aromatic carbocycles. The van der Waals surface area contributed by atoms with Gasteiger partial charge in [0, 0.05) is 38.9 Å². The van der Waals surface area contributed by atoms with Crippen LogP contribution in [0.1, 0.15) is 33.9 Å². The standard InChI is InChI=1S/C24H31N3O3/c1-26-11-5-6-18-16-19(9-10-21(18)26)22(27-12-14-30-15-13-27)17-25-24(28)20-7-3-4-8-23(20)29-2/h3-4,7-10,16,22H,5-6,11-15,17H2,1-2H3,(H,25,28)/t22-/m1/s1. The van der Waals surface area contributed by atoms with Crippen LogP contribution in [0.2, 0.25) is 0 Å². The Hall–Kier alpha value is -2.57. The minimum atomic E-state index is -0.108. The summed E-state index contributed by atoms with van der Waals surface area (Å²) >= 11 is 0. The van der Waals surface area contributed by atoms with E-state index in [1.54, 1.807) is 13.2 Å². The molecule has 2 heterocycles. The molecule has 1 saturated heterocycles. The first kappa shape index (κ1) is 20.7. The van der Waals surface area contributed by atoms with E-state index in [4.69, 9.17) is 9.47 Å². The number of rotatable bonds is 6. The molecule has 6 heteroatoms. The minimum absolute atomic E-state index is 0.108. The lowest BCUT2D eigenvalue weighted by atomic mass is 9.95. The van der Waals surface area contributed by atoms with Gasteiger partial charge in [0.05, 0.1) is 31.9 Å². The lowest BCUT2D eigenvalue weighted by Crippen LogP contribution is -2.44. The molecule has 1 atom stereocenters. The third-order valence-corrected chi connectivity index (χ3v) is 6.13. The zero-order valence-corrected chi connectivity index (χ0v) is 17.9. The summed E-state index contributed by atoms with van der Waals surface area (Å²) in [7, 11) is 3.75. The SMILES string of the molecule is COc1ccccc1C(=O)NC[C@H](c1ccc2c(c1)CCCN2C)N1CCOCC1. The fraction of sp³-hybridized carbons (Fsp3) is 0.458. The predicted octanol–water partition coefficient (Wildman–Crippen LogP) is 2.88. The number of ether oxygens (including phenoxy) is 2. The second-order valence-corrected chi connectivity index (χ2v) is 7.99. The van der Waals surface area contributed by atoms with E-state index < -0.39 is 0 Å². The maximum Gasteiger partial charge on any atom is 0.255 e. The topological polar surface area (TPSA) is 54.0 Å². The van der Waals surface area contributed by atoms with E-state index in [-0.39, 0.29) is 11.9 Å². The Balaban J connectivity index is 1.55. The average Bonchev–Trinajstić information content (AvgIpc) is 2.80. The molecule has 0 saturated carbocycles. The van der Waals surface area contributed by atoms with Crippen LogP contribution in [0, 0.1) is 0 Å². The molecule has 2 aliphatic rings. The number of amides is 1. The fourth-order valence-electron chi connectivity index (χ4n) is 4.48. The summed E-state index contributed by atoms with van der Waals surface area (Å²) in [5.74, 6) is 0.484. The highest BCUT2D eigenvalue weighted by atomic mass is 16.5. The summed E-state index contributed by atoms with van der Waals surface area (Å²) in [5.41, 5.74) is 4.54. The Morgan fingerprint density at radius 3 is 2.77 bits per heavy atom. The zero-order chi connectivity index (χ0) is 20.9. The Labute approximate surface area is 178 Å². The summed E-state index contributed by atoms with van der Waals surface area (Å²) in [5, 5.41) is 3.15. The van der Waals surface area contributed by atoms with E-state index in [9.17, 15) is 4.79 Å². The Morgan fingerprint density at radius 1 is 1.17 bits per heavy atom. The van der Waals surface area contributed by atoms with Crippen LogP contribution in [-0.4, -0.2) is 64.4 Å². The molecular weight excluding hydrogens is 378 g/mol. The van der Waals surface area contributed by atoms with Crippen LogP contribution >= 0.6 is 0 Å². The number of methoxy groups -OCH3 is 1. The van der Waals surface area contributed by atoms with Crippen molar-refractivity contribution in [1.82, 2.24) is 10.2 Å². The maximum absolute atomic E-state index is 12.9. The first-order chi connectivity index (χ1) is 14.7. The highest BCUT2D eigenvalue weighted by Gasteiger charge is 2.25. The molecule has 4 rings (SSSR count). The van der Waals surface area contributed by atoms with Crippen LogP contribution in [0.4, 0.5) is 5.69 Å². The number of carbonyl (C=O) groups excluding carboxylic acids is 1. The Bertz CT molecular complexity index is 880. The smallest absolute Gasteiger partial charge is 0.255 e. The van der Waals surface area contributed by atoms with Crippen molar-refractivity contribution in [2.24, 2.45) is 0 Å². The van der Waals surface area contributed by atoms with Crippen LogP contribution in [-0.2, 0) is 11.2 Å². The van der Waals surface area contributed by atoms with Crippen LogP contribution in [0.5, 0.6) is 5.75 Å². The molecule has 1 N–H and O–H groups in total. The number of carbonyl (C=O) groups is 1. The van der Waals surface area contributed by atoms with Gasteiger partial charge in [0.25, 0.3) is 5.91 Å². The van der Waals surface area contributed by atoms with Crippen molar-refractivity contribution in [3.63, 3.8) is 0 Å². The van der Waals surface area contributed by atoms with Gasteiger partial charge in [0.15, 0.2) is 0 Å². The highest BCUT2D eigenvalue weighted by molar-refractivity contribution is 5.96. The molecule has 0 spiro atoms. The van der Waals surface area contributed by atoms with Gasteiger partial charge >= 0.3 is 0 Å². The number of morpholine rings is 1. The lowest BCUT2D eigenvalue weighted by molar-refractivity contribution is 0.0162. The molecule has 30 heavy (non-hydrogen) atoms. The normalized spacial score (nSPS) is 17.9. The number of para-hydroxylation sites is 1. The number of benzene rings is 2. The van der Waals surface area contributed by atoms with Crippen molar-refractivity contribution in [1.29, 1.82) is 0 Å². The number of hydrogen-bond acceptors (Lipinski definition) is 5. The fourth-order valence-corrected chi connectivity index (χ4v) is 4.48. The van der Waals surface area contributed by atoms with Gasteiger partial charge in [0.1, 0.15) is 5.75 Å². The molecule has 0 radical (unpaired) electrons. The lowest BCUT2D eigenvalue weighted by Gasteiger charge is -2.36. The molecule has 2 aromatic rings. The first-order valence-electron chi connectivity index (χ1n) is 10.7. The average molecular weight is 410 g/mol. The van der Waals surface area contributed by atoms with Gasteiger partial charge in [-0.3, -0.25) is 9.69 Å². The number of aryl methyl sites for hydroxylation is 1. The quantitative estimate of drug-likeness (QED) is 0.795. The van der Waals surface area contributed by atoms with Crippen LogP contribution in [0.25, 0.3) is 0 Å². The van der Waals surface area contributed by atoms with Crippen molar-refractivity contribution in [2.45, 2.75) is 18.9 Å². The molecular formula is C24H31N3O3. The van der Waals surface area contributed by atoms with Gasteiger partial charge < -0.3 is 19.7 Å². The number of nitrogens with zero attached hydrogens (tertiary/aromatic N) is 2. The molecule has 0 aliphatic carbocycles. The maximum atomic E-state index is 12.9. The molecule has 2 aliphatic heterocycles. The minimum Gasteiger partial charge on any atom is -0.496 e. The van der Waals surface area contributed by atoms with E-state index in [0.29, 0.717) is 17.9 Å². The van der Waals surface area contributed by atoms with E-state index in [1.807, 2.05) is 18.2 Å². The molecule has 0 aromatic heterocycles. The van der Waals surface area contributed by atoms with Gasteiger partial charge in [0.2, 0.25) is 0 Å². The Morgan fingerprint density at radius 2 is 1.97 bits per heavy atom. The summed E-state index contributed by atoms with van der Waals surface area (Å²) in [6, 6.07) is 14.2. The molecule has 0 unspecified atom stereocenters. The number of anilines is 1. The van der Waals surface area contributed by atoms with Crippen molar-refractivity contribution >= 4 is 11.6 Å². The summed E-state index contributed by atoms with van der Waals surface area (Å²) < 4.78 is 10.9. The van der Waals surface area contributed by atoms with Crippen molar-refractivity contribution in [3.8, 4) is 5.75 Å². The molecule has 160 valence electrons. The predicted molar refractivity (Wildman–Crippen MR) is 118 cm³/mol. The number of hydrogen-bond donors (Lipinski definition) is 1. The first-order valence-corrected chi connectivity index (χ1v) is 10.7. The van der Waals surface area contributed by atoms with Crippen LogP contribution in [0.15, 0.2) is 42.5 Å². The molecule has 6 nitrogen and oxygen atoms in total. The second-order valence-electron chi connectivity index (χ2n) is 7.99. The zero-order valence-electron chi connectivity index (χ0n) is 17.9. The molecule has 0 bridgehead atoms. The van der Waals surface area contributed by atoms with Crippen LogP contribution < -0.4 is 15.0 Å². The molecule has 1 fully saturated rings. The monoisotopic (exact) mass is 409 g/mol. The van der Waals surface area contributed by atoms with Crippen molar-refractivity contribution < 1.29 is 14.3 Å². The van der Waals surface area contributed by atoms with Crippen molar-refractivity contribution in [3.05, 3.63) is 59.2 Å². The third-order valence-electron chi connectivity index (χ3n) is 6.13. The summed E-state index contributed by atoms with van der Waals surface area (Å²) in [6.45, 7) is 4.84. The van der Waals surface area contributed by atoms with E-state index >= 15 is 0 Å². The largest absolute Gasteiger partial charge is 0.496 e. The number of fused-ring (bicyclic) bond motifs is 1. The van der Waals surface area contributed by atoms with Crippen molar-refractivity contribution in [2.75, 3.05) is 58.5 Å².